The number of esters is 1. The summed E-state index contributed by atoms with van der Waals surface area (Å²) in [5, 5.41) is 12.4. The van der Waals surface area contributed by atoms with Gasteiger partial charge in [-0.1, -0.05) is 28.5 Å². The van der Waals surface area contributed by atoms with Crippen LogP contribution in [0, 0.1) is 0 Å². The second kappa shape index (κ2) is 10.8. The van der Waals surface area contributed by atoms with Crippen molar-refractivity contribution < 1.29 is 29.1 Å². The highest BCUT2D eigenvalue weighted by atomic mass is 35.5. The number of nitrogens with zero attached hydrogens (tertiary/aromatic N) is 1. The van der Waals surface area contributed by atoms with E-state index in [0.717, 1.165) is 9.79 Å². The summed E-state index contributed by atoms with van der Waals surface area (Å²) in [7, 11) is 0. The molecule has 0 aliphatic rings. The Bertz CT molecular complexity index is 942. The van der Waals surface area contributed by atoms with E-state index in [1.54, 1.807) is 42.5 Å². The van der Waals surface area contributed by atoms with Gasteiger partial charge in [0.15, 0.2) is 0 Å². The number of benzene rings is 2. The van der Waals surface area contributed by atoms with Gasteiger partial charge < -0.3 is 14.7 Å². The SMILES string of the molecule is CC(=O)ON=C(C)C(=O)c1ccc(Sc2ccc(C(=O)OCCO)cc2)cc1Cl. The van der Waals surface area contributed by atoms with Gasteiger partial charge in [0.05, 0.1) is 17.2 Å². The Kier molecular flexibility index (Phi) is 8.38. The summed E-state index contributed by atoms with van der Waals surface area (Å²) in [6, 6.07) is 11.7. The number of aliphatic hydroxyl groups excluding tert-OH is 1. The van der Waals surface area contributed by atoms with Gasteiger partial charge in [-0.15, -0.1) is 0 Å². The van der Waals surface area contributed by atoms with E-state index in [-0.39, 0.29) is 29.5 Å². The van der Waals surface area contributed by atoms with E-state index in [4.69, 9.17) is 21.4 Å². The van der Waals surface area contributed by atoms with Gasteiger partial charge in [0.2, 0.25) is 5.78 Å². The molecule has 0 unspecified atom stereocenters. The Labute approximate surface area is 176 Å². The lowest BCUT2D eigenvalue weighted by Crippen LogP contribution is -2.12. The molecule has 0 heterocycles. The van der Waals surface area contributed by atoms with E-state index in [1.807, 2.05) is 0 Å². The topological polar surface area (TPSA) is 102 Å². The first-order valence-corrected chi connectivity index (χ1v) is 9.63. The first kappa shape index (κ1) is 22.6. The zero-order valence-electron chi connectivity index (χ0n) is 15.7. The number of hydrogen-bond donors (Lipinski definition) is 1. The number of carbonyl (C=O) groups is 3. The number of aliphatic hydroxyl groups is 1. The fourth-order valence-electron chi connectivity index (χ4n) is 2.13. The summed E-state index contributed by atoms with van der Waals surface area (Å²) < 4.78 is 4.85. The first-order valence-electron chi connectivity index (χ1n) is 8.44. The van der Waals surface area contributed by atoms with Crippen molar-refractivity contribution in [2.24, 2.45) is 5.16 Å². The highest BCUT2D eigenvalue weighted by Gasteiger charge is 2.15. The van der Waals surface area contributed by atoms with Crippen LogP contribution >= 0.6 is 23.4 Å². The average molecular weight is 436 g/mol. The second-order valence-corrected chi connectivity index (χ2v) is 7.27. The number of ketones is 1. The summed E-state index contributed by atoms with van der Waals surface area (Å²) in [6.45, 7) is 2.33. The maximum absolute atomic E-state index is 12.4. The van der Waals surface area contributed by atoms with Gasteiger partial charge >= 0.3 is 11.9 Å². The van der Waals surface area contributed by atoms with Gasteiger partial charge in [-0.3, -0.25) is 4.79 Å². The van der Waals surface area contributed by atoms with Crippen molar-refractivity contribution in [3.8, 4) is 0 Å². The molecule has 0 aliphatic heterocycles. The van der Waals surface area contributed by atoms with Gasteiger partial charge in [0.1, 0.15) is 12.3 Å². The third kappa shape index (κ3) is 6.70. The molecule has 2 aromatic carbocycles. The Balaban J connectivity index is 2.09. The molecule has 0 saturated heterocycles. The minimum atomic E-state index is -0.623. The Morgan fingerprint density at radius 1 is 1.07 bits per heavy atom. The molecule has 0 spiro atoms. The molecule has 0 aliphatic carbocycles. The van der Waals surface area contributed by atoms with Gasteiger partial charge in [-0.05, 0) is 49.4 Å². The van der Waals surface area contributed by atoms with Crippen molar-refractivity contribution in [2.75, 3.05) is 13.2 Å². The first-order chi connectivity index (χ1) is 13.8. The number of rotatable bonds is 8. The third-order valence-electron chi connectivity index (χ3n) is 3.48. The van der Waals surface area contributed by atoms with Crippen molar-refractivity contribution in [1.29, 1.82) is 0 Å². The van der Waals surface area contributed by atoms with Crippen LogP contribution in [0.5, 0.6) is 0 Å². The summed E-state index contributed by atoms with van der Waals surface area (Å²) >= 11 is 7.63. The maximum Gasteiger partial charge on any atom is 0.338 e. The number of halogens is 1. The summed E-state index contributed by atoms with van der Waals surface area (Å²) in [5.41, 5.74) is 0.627. The molecule has 0 aromatic heterocycles. The molecule has 1 N–H and O–H groups in total. The highest BCUT2D eigenvalue weighted by molar-refractivity contribution is 7.99. The van der Waals surface area contributed by atoms with E-state index < -0.39 is 17.7 Å². The highest BCUT2D eigenvalue weighted by Crippen LogP contribution is 2.31. The van der Waals surface area contributed by atoms with Crippen LogP contribution in [0.25, 0.3) is 0 Å². The standard InChI is InChI=1S/C20H18ClNO6S/c1-12(22-28-13(2)24)19(25)17-8-7-16(11-18(17)21)29-15-5-3-14(4-6-15)20(26)27-10-9-23/h3-8,11,23H,9-10H2,1-2H3. The minimum absolute atomic E-state index is 0.00572. The fraction of sp³-hybridized carbons (Fsp3) is 0.200. The van der Waals surface area contributed by atoms with Crippen molar-refractivity contribution in [3.05, 3.63) is 58.6 Å². The molecule has 29 heavy (non-hydrogen) atoms. The fourth-order valence-corrected chi connectivity index (χ4v) is 3.32. The maximum atomic E-state index is 12.4. The molecule has 0 saturated carbocycles. The number of hydrogen-bond acceptors (Lipinski definition) is 8. The van der Waals surface area contributed by atoms with Crippen LogP contribution < -0.4 is 0 Å². The predicted molar refractivity (Wildman–Crippen MR) is 109 cm³/mol. The van der Waals surface area contributed by atoms with Gasteiger partial charge in [-0.2, -0.15) is 0 Å². The van der Waals surface area contributed by atoms with E-state index in [1.165, 1.54) is 25.6 Å². The van der Waals surface area contributed by atoms with Gasteiger partial charge in [0.25, 0.3) is 0 Å². The smallest absolute Gasteiger partial charge is 0.338 e. The summed E-state index contributed by atoms with van der Waals surface area (Å²) in [6.07, 6.45) is 0. The number of oxime groups is 1. The van der Waals surface area contributed by atoms with Crippen LogP contribution in [0.3, 0.4) is 0 Å². The Morgan fingerprint density at radius 3 is 2.31 bits per heavy atom. The molecule has 0 radical (unpaired) electrons. The largest absolute Gasteiger partial charge is 0.460 e. The molecule has 152 valence electrons. The number of carbonyl (C=O) groups excluding carboxylic acids is 3. The van der Waals surface area contributed by atoms with Crippen LogP contribution in [0.4, 0.5) is 0 Å². The minimum Gasteiger partial charge on any atom is -0.460 e. The summed E-state index contributed by atoms with van der Waals surface area (Å²) in [5.74, 6) is -1.58. The van der Waals surface area contributed by atoms with E-state index in [0.29, 0.717) is 5.56 Å². The second-order valence-electron chi connectivity index (χ2n) is 5.72. The van der Waals surface area contributed by atoms with Crippen molar-refractivity contribution in [1.82, 2.24) is 0 Å². The Morgan fingerprint density at radius 2 is 1.72 bits per heavy atom. The molecule has 7 nitrogen and oxygen atoms in total. The monoisotopic (exact) mass is 435 g/mol. The summed E-state index contributed by atoms with van der Waals surface area (Å²) in [4.78, 5) is 41.0. The van der Waals surface area contributed by atoms with Gasteiger partial charge in [-0.25, -0.2) is 9.59 Å². The normalized spacial score (nSPS) is 11.1. The van der Waals surface area contributed by atoms with Crippen molar-refractivity contribution in [2.45, 2.75) is 23.6 Å². The average Bonchev–Trinajstić information content (AvgIpc) is 2.70. The zero-order valence-corrected chi connectivity index (χ0v) is 17.2. The molecule has 0 fully saturated rings. The molecule has 0 atom stereocenters. The molecule has 9 heteroatoms. The molecule has 0 amide bonds. The van der Waals surface area contributed by atoms with Crippen LogP contribution in [0.1, 0.15) is 34.6 Å². The lowest BCUT2D eigenvalue weighted by atomic mass is 10.1. The number of Topliss-reactive ketones (excluding diaryl/α,β-unsaturated/α-hetero) is 1. The third-order valence-corrected chi connectivity index (χ3v) is 4.79. The lowest BCUT2D eigenvalue weighted by molar-refractivity contribution is -0.140. The molecule has 2 rings (SSSR count). The Hall–Kier alpha value is -2.68. The molecule has 2 aromatic rings. The van der Waals surface area contributed by atoms with E-state index in [2.05, 4.69) is 9.99 Å². The van der Waals surface area contributed by atoms with Crippen molar-refractivity contribution >= 4 is 46.8 Å². The molecule has 0 bridgehead atoms. The molecular weight excluding hydrogens is 418 g/mol. The predicted octanol–water partition coefficient (Wildman–Crippen LogP) is 3.76. The van der Waals surface area contributed by atoms with Crippen LogP contribution in [-0.4, -0.2) is 41.8 Å². The van der Waals surface area contributed by atoms with Crippen LogP contribution in [0.2, 0.25) is 5.02 Å². The number of ether oxygens (including phenoxy) is 1. The van der Waals surface area contributed by atoms with E-state index in [9.17, 15) is 14.4 Å². The lowest BCUT2D eigenvalue weighted by Gasteiger charge is -2.07. The zero-order chi connectivity index (χ0) is 21.4. The van der Waals surface area contributed by atoms with Crippen LogP contribution in [0.15, 0.2) is 57.4 Å². The van der Waals surface area contributed by atoms with Crippen molar-refractivity contribution in [3.63, 3.8) is 0 Å². The van der Waals surface area contributed by atoms with Gasteiger partial charge in [0, 0.05) is 22.3 Å². The van der Waals surface area contributed by atoms with Crippen LogP contribution in [-0.2, 0) is 14.4 Å². The molecular formula is C20H18ClNO6S. The quantitative estimate of drug-likeness (QED) is 0.221. The van der Waals surface area contributed by atoms with E-state index >= 15 is 0 Å².